The van der Waals surface area contributed by atoms with E-state index in [-0.39, 0.29) is 32.0 Å². The lowest BCUT2D eigenvalue weighted by molar-refractivity contribution is -0.150. The maximum Gasteiger partial charge on any atom is 0.408 e. The molecule has 2 amide bonds. The molecule has 0 saturated heterocycles. The first-order valence-corrected chi connectivity index (χ1v) is 12.6. The fourth-order valence-corrected chi connectivity index (χ4v) is 3.38. The molecule has 2 aromatic rings. The molecule has 38 heavy (non-hydrogen) atoms. The van der Waals surface area contributed by atoms with Gasteiger partial charge in [0.1, 0.15) is 30.9 Å². The van der Waals surface area contributed by atoms with Crippen LogP contribution in [0.2, 0.25) is 0 Å². The third-order valence-corrected chi connectivity index (χ3v) is 5.33. The Morgan fingerprint density at radius 1 is 0.789 bits per heavy atom. The molecule has 2 aromatic carbocycles. The highest BCUT2D eigenvalue weighted by atomic mass is 16.6. The Hall–Kier alpha value is -3.88. The van der Waals surface area contributed by atoms with Gasteiger partial charge in [0.2, 0.25) is 5.91 Å². The summed E-state index contributed by atoms with van der Waals surface area (Å²) in [5.41, 5.74) is 0.868. The van der Waals surface area contributed by atoms with Crippen molar-refractivity contribution < 1.29 is 33.4 Å². The first-order valence-electron chi connectivity index (χ1n) is 12.6. The van der Waals surface area contributed by atoms with Crippen molar-refractivity contribution >= 4 is 23.9 Å². The van der Waals surface area contributed by atoms with Crippen molar-refractivity contribution in [2.75, 3.05) is 0 Å². The summed E-state index contributed by atoms with van der Waals surface area (Å²) >= 11 is 0. The summed E-state index contributed by atoms with van der Waals surface area (Å²) in [6, 6.07) is 16.2. The summed E-state index contributed by atoms with van der Waals surface area (Å²) in [4.78, 5) is 50.7. The molecular weight excluding hydrogens is 488 g/mol. The summed E-state index contributed by atoms with van der Waals surface area (Å²) in [7, 11) is 0. The fraction of sp³-hybridized carbons (Fsp3) is 0.448. The molecule has 2 N–H and O–H groups in total. The summed E-state index contributed by atoms with van der Waals surface area (Å²) < 4.78 is 16.0. The molecule has 0 spiro atoms. The third-order valence-electron chi connectivity index (χ3n) is 5.33. The molecule has 2 atom stereocenters. The number of hydrogen-bond donors (Lipinski definition) is 2. The Balaban J connectivity index is 2.05. The molecule has 0 aliphatic carbocycles. The van der Waals surface area contributed by atoms with Gasteiger partial charge in [0.25, 0.3) is 0 Å². The zero-order valence-electron chi connectivity index (χ0n) is 22.7. The molecule has 9 nitrogen and oxygen atoms in total. The van der Waals surface area contributed by atoms with E-state index in [9.17, 15) is 19.2 Å². The number of nitrogens with one attached hydrogen (secondary N) is 2. The Morgan fingerprint density at radius 3 is 1.82 bits per heavy atom. The van der Waals surface area contributed by atoms with Crippen molar-refractivity contribution in [2.24, 2.45) is 5.92 Å². The van der Waals surface area contributed by atoms with Crippen molar-refractivity contribution in [1.29, 1.82) is 0 Å². The topological polar surface area (TPSA) is 120 Å². The summed E-state index contributed by atoms with van der Waals surface area (Å²) in [5, 5.41) is 5.20. The second kappa shape index (κ2) is 14.8. The molecule has 0 heterocycles. The number of hydrogen-bond acceptors (Lipinski definition) is 7. The van der Waals surface area contributed by atoms with Crippen LogP contribution in [0.5, 0.6) is 0 Å². The van der Waals surface area contributed by atoms with E-state index in [1.807, 2.05) is 48.5 Å². The van der Waals surface area contributed by atoms with Crippen LogP contribution in [0.25, 0.3) is 0 Å². The minimum Gasteiger partial charge on any atom is -0.461 e. The maximum atomic E-state index is 13.1. The number of amides is 2. The zero-order valence-corrected chi connectivity index (χ0v) is 22.7. The largest absolute Gasteiger partial charge is 0.461 e. The highest BCUT2D eigenvalue weighted by molar-refractivity contribution is 5.90. The van der Waals surface area contributed by atoms with E-state index in [2.05, 4.69) is 10.6 Å². The van der Waals surface area contributed by atoms with Crippen LogP contribution in [0, 0.1) is 5.92 Å². The van der Waals surface area contributed by atoms with Crippen LogP contribution in [0.15, 0.2) is 60.7 Å². The van der Waals surface area contributed by atoms with Gasteiger partial charge in [-0.15, -0.1) is 0 Å². The lowest BCUT2D eigenvalue weighted by Crippen LogP contribution is -2.54. The fourth-order valence-electron chi connectivity index (χ4n) is 3.38. The van der Waals surface area contributed by atoms with E-state index in [0.29, 0.717) is 0 Å². The first-order chi connectivity index (χ1) is 17.9. The second-order valence-corrected chi connectivity index (χ2v) is 10.2. The van der Waals surface area contributed by atoms with Crippen molar-refractivity contribution in [2.45, 2.75) is 78.4 Å². The molecule has 0 saturated carbocycles. The predicted octanol–water partition coefficient (Wildman–Crippen LogP) is 4.29. The Kier molecular flexibility index (Phi) is 11.8. The maximum absolute atomic E-state index is 13.1. The van der Waals surface area contributed by atoms with E-state index < -0.39 is 41.6 Å². The van der Waals surface area contributed by atoms with Crippen LogP contribution in [0.3, 0.4) is 0 Å². The number of ether oxygens (including phenoxy) is 3. The summed E-state index contributed by atoms with van der Waals surface area (Å²) in [5.74, 6) is -2.11. The molecule has 0 unspecified atom stereocenters. The number of alkyl carbamates (subject to hydrolysis) is 1. The molecular formula is C29H38N2O7. The molecule has 0 radical (unpaired) electrons. The SMILES string of the molecule is CC(C)[C@@H](NC(=O)OC(C)(C)C)C(=O)N[C@H](CCC(=O)OCc1ccccc1)C(=O)OCc1ccccc1. The predicted molar refractivity (Wildman–Crippen MR) is 142 cm³/mol. The van der Waals surface area contributed by atoms with Crippen molar-refractivity contribution in [3.8, 4) is 0 Å². The Morgan fingerprint density at radius 2 is 1.32 bits per heavy atom. The van der Waals surface area contributed by atoms with Gasteiger partial charge >= 0.3 is 18.0 Å². The van der Waals surface area contributed by atoms with Gasteiger partial charge in [0.05, 0.1) is 0 Å². The van der Waals surface area contributed by atoms with E-state index in [4.69, 9.17) is 14.2 Å². The highest BCUT2D eigenvalue weighted by Crippen LogP contribution is 2.12. The smallest absolute Gasteiger partial charge is 0.408 e. The lowest BCUT2D eigenvalue weighted by Gasteiger charge is -2.26. The third kappa shape index (κ3) is 11.5. The van der Waals surface area contributed by atoms with Crippen molar-refractivity contribution in [3.63, 3.8) is 0 Å². The number of esters is 2. The molecule has 206 valence electrons. The molecule has 0 fully saturated rings. The average Bonchev–Trinajstić information content (AvgIpc) is 2.87. The summed E-state index contributed by atoms with van der Waals surface area (Å²) in [6.07, 6.45) is -0.909. The van der Waals surface area contributed by atoms with Gasteiger partial charge in [0.15, 0.2) is 0 Å². The number of rotatable bonds is 12. The van der Waals surface area contributed by atoms with E-state index >= 15 is 0 Å². The normalized spacial score (nSPS) is 12.7. The minimum absolute atomic E-state index is 0.00820. The van der Waals surface area contributed by atoms with Gasteiger partial charge in [-0.05, 0) is 44.2 Å². The molecule has 9 heteroatoms. The van der Waals surface area contributed by atoms with Crippen LogP contribution in [0.4, 0.5) is 4.79 Å². The zero-order chi connectivity index (χ0) is 28.1. The van der Waals surface area contributed by atoms with E-state index in [0.717, 1.165) is 11.1 Å². The van der Waals surface area contributed by atoms with Crippen LogP contribution in [-0.4, -0.2) is 41.6 Å². The quantitative estimate of drug-likeness (QED) is 0.313. The number of carbonyl (C=O) groups excluding carboxylic acids is 4. The van der Waals surface area contributed by atoms with E-state index in [1.165, 1.54) is 0 Å². The van der Waals surface area contributed by atoms with Crippen LogP contribution in [0.1, 0.15) is 58.6 Å². The molecule has 0 aromatic heterocycles. The molecule has 0 bridgehead atoms. The Bertz CT molecular complexity index is 1050. The van der Waals surface area contributed by atoms with Gasteiger partial charge in [-0.25, -0.2) is 9.59 Å². The van der Waals surface area contributed by atoms with Gasteiger partial charge in [-0.2, -0.15) is 0 Å². The van der Waals surface area contributed by atoms with Crippen molar-refractivity contribution in [3.05, 3.63) is 71.8 Å². The van der Waals surface area contributed by atoms with Crippen LogP contribution >= 0.6 is 0 Å². The average molecular weight is 527 g/mol. The van der Waals surface area contributed by atoms with Gasteiger partial charge in [0, 0.05) is 6.42 Å². The van der Waals surface area contributed by atoms with Crippen LogP contribution < -0.4 is 10.6 Å². The molecule has 0 aliphatic rings. The van der Waals surface area contributed by atoms with Crippen molar-refractivity contribution in [1.82, 2.24) is 10.6 Å². The Labute approximate surface area is 224 Å². The highest BCUT2D eigenvalue weighted by Gasteiger charge is 2.31. The van der Waals surface area contributed by atoms with Gasteiger partial charge in [-0.1, -0.05) is 74.5 Å². The minimum atomic E-state index is -1.13. The monoisotopic (exact) mass is 526 g/mol. The number of carbonyl (C=O) groups is 4. The molecule has 2 rings (SSSR count). The van der Waals surface area contributed by atoms with Crippen LogP contribution in [-0.2, 0) is 41.8 Å². The summed E-state index contributed by atoms with van der Waals surface area (Å²) in [6.45, 7) is 8.77. The molecule has 0 aliphatic heterocycles. The lowest BCUT2D eigenvalue weighted by atomic mass is 10.0. The second-order valence-electron chi connectivity index (χ2n) is 10.2. The standard InChI is InChI=1S/C29H38N2O7/c1-20(2)25(31-28(35)38-29(3,4)5)26(33)30-23(27(34)37-19-22-14-10-7-11-15-22)16-17-24(32)36-18-21-12-8-6-9-13-21/h6-15,20,23,25H,16-19H2,1-5H3,(H,30,33)(H,31,35)/t23-,25-/m1/s1. The van der Waals surface area contributed by atoms with E-state index in [1.54, 1.807) is 46.8 Å². The first kappa shape index (κ1) is 30.3. The number of benzene rings is 2. The van der Waals surface area contributed by atoms with Gasteiger partial charge in [-0.3, -0.25) is 9.59 Å². The van der Waals surface area contributed by atoms with Gasteiger partial charge < -0.3 is 24.8 Å².